The molecule has 2 heteroatoms. The van der Waals surface area contributed by atoms with E-state index in [0.29, 0.717) is 5.92 Å². The Labute approximate surface area is 141 Å². The van der Waals surface area contributed by atoms with Crippen LogP contribution in [0.4, 0.5) is 0 Å². The van der Waals surface area contributed by atoms with Gasteiger partial charge in [0.2, 0.25) is 0 Å². The molecule has 24 heavy (non-hydrogen) atoms. The first-order chi connectivity index (χ1) is 11.7. The van der Waals surface area contributed by atoms with E-state index in [1.807, 2.05) is 13.8 Å². The molecule has 0 N–H and O–H groups in total. The molecular formula is C22H20O2. The van der Waals surface area contributed by atoms with Gasteiger partial charge >= 0.3 is 0 Å². The second-order valence-electron chi connectivity index (χ2n) is 7.03. The van der Waals surface area contributed by atoms with Gasteiger partial charge in [-0.1, -0.05) is 42.5 Å². The van der Waals surface area contributed by atoms with Crippen molar-refractivity contribution in [1.29, 1.82) is 0 Å². The largest absolute Gasteiger partial charge is 0.477 e. The van der Waals surface area contributed by atoms with Gasteiger partial charge < -0.3 is 9.15 Å². The van der Waals surface area contributed by atoms with Crippen LogP contribution in [0.5, 0.6) is 5.75 Å². The SMILES string of the molecule is Cc1cc(C2(C3CC3)C=Cc3ccc4ccccc4c3O2)c(C)o1. The molecule has 0 radical (unpaired) electrons. The summed E-state index contributed by atoms with van der Waals surface area (Å²) in [5, 5.41) is 2.40. The summed E-state index contributed by atoms with van der Waals surface area (Å²) in [6, 6.07) is 14.9. The number of rotatable bonds is 2. The fourth-order valence-electron chi connectivity index (χ4n) is 4.04. The molecule has 1 unspecified atom stereocenters. The molecule has 0 saturated heterocycles. The normalized spacial score (nSPS) is 22.4. The summed E-state index contributed by atoms with van der Waals surface area (Å²) in [6.07, 6.45) is 6.88. The zero-order valence-electron chi connectivity index (χ0n) is 14.0. The lowest BCUT2D eigenvalue weighted by Gasteiger charge is -2.36. The van der Waals surface area contributed by atoms with Gasteiger partial charge in [-0.05, 0) is 44.2 Å². The number of fused-ring (bicyclic) bond motifs is 3. The first kappa shape index (κ1) is 13.9. The zero-order valence-corrected chi connectivity index (χ0v) is 14.0. The average Bonchev–Trinajstić information content (AvgIpc) is 3.39. The summed E-state index contributed by atoms with van der Waals surface area (Å²) in [5.74, 6) is 3.44. The van der Waals surface area contributed by atoms with Crippen molar-refractivity contribution in [2.45, 2.75) is 32.3 Å². The van der Waals surface area contributed by atoms with Crippen LogP contribution in [0.25, 0.3) is 16.8 Å². The molecule has 1 fully saturated rings. The first-order valence-electron chi connectivity index (χ1n) is 8.65. The van der Waals surface area contributed by atoms with Gasteiger partial charge in [0.1, 0.15) is 17.3 Å². The zero-order chi connectivity index (χ0) is 16.3. The van der Waals surface area contributed by atoms with Crippen LogP contribution in [0.1, 0.15) is 35.5 Å². The van der Waals surface area contributed by atoms with Gasteiger partial charge in [-0.25, -0.2) is 0 Å². The van der Waals surface area contributed by atoms with E-state index in [4.69, 9.17) is 9.15 Å². The predicted octanol–water partition coefficient (Wildman–Crippen LogP) is 5.76. The van der Waals surface area contributed by atoms with Crippen molar-refractivity contribution in [2.75, 3.05) is 0 Å². The van der Waals surface area contributed by atoms with Crippen LogP contribution in [0.15, 0.2) is 53.0 Å². The Morgan fingerprint density at radius 3 is 2.62 bits per heavy atom. The fraction of sp³-hybridized carbons (Fsp3) is 0.273. The molecule has 1 aliphatic heterocycles. The third kappa shape index (κ3) is 1.89. The van der Waals surface area contributed by atoms with E-state index in [-0.39, 0.29) is 5.60 Å². The highest BCUT2D eigenvalue weighted by atomic mass is 16.5. The molecule has 1 saturated carbocycles. The van der Waals surface area contributed by atoms with E-state index < -0.39 is 0 Å². The van der Waals surface area contributed by atoms with Crippen LogP contribution < -0.4 is 4.74 Å². The Kier molecular flexibility index (Phi) is 2.76. The summed E-state index contributed by atoms with van der Waals surface area (Å²) in [5.41, 5.74) is 1.94. The molecule has 1 atom stereocenters. The van der Waals surface area contributed by atoms with Crippen LogP contribution in [0.2, 0.25) is 0 Å². The van der Waals surface area contributed by atoms with Crippen molar-refractivity contribution >= 4 is 16.8 Å². The number of aryl methyl sites for hydroxylation is 2. The molecule has 1 aromatic heterocycles. The van der Waals surface area contributed by atoms with Crippen LogP contribution in [-0.2, 0) is 5.60 Å². The van der Waals surface area contributed by atoms with Crippen LogP contribution >= 0.6 is 0 Å². The number of benzene rings is 2. The molecule has 120 valence electrons. The maximum atomic E-state index is 6.79. The monoisotopic (exact) mass is 316 g/mol. The quantitative estimate of drug-likeness (QED) is 0.599. The molecule has 2 aliphatic rings. The molecule has 2 nitrogen and oxygen atoms in total. The van der Waals surface area contributed by atoms with Gasteiger partial charge in [-0.15, -0.1) is 0 Å². The van der Waals surface area contributed by atoms with Crippen molar-refractivity contribution in [2.24, 2.45) is 5.92 Å². The predicted molar refractivity (Wildman–Crippen MR) is 96.2 cm³/mol. The van der Waals surface area contributed by atoms with E-state index in [9.17, 15) is 0 Å². The number of furan rings is 1. The summed E-state index contributed by atoms with van der Waals surface area (Å²) in [7, 11) is 0. The lowest BCUT2D eigenvalue weighted by atomic mass is 9.85. The minimum atomic E-state index is -0.390. The summed E-state index contributed by atoms with van der Waals surface area (Å²) >= 11 is 0. The van der Waals surface area contributed by atoms with Crippen molar-refractivity contribution in [3.05, 3.63) is 71.2 Å². The van der Waals surface area contributed by atoms with Crippen LogP contribution in [0.3, 0.4) is 0 Å². The maximum Gasteiger partial charge on any atom is 0.159 e. The van der Waals surface area contributed by atoms with E-state index in [1.165, 1.54) is 29.2 Å². The number of hydrogen-bond acceptors (Lipinski definition) is 2. The Hall–Kier alpha value is -2.48. The lowest BCUT2D eigenvalue weighted by Crippen LogP contribution is -2.35. The molecule has 0 spiro atoms. The van der Waals surface area contributed by atoms with E-state index >= 15 is 0 Å². The van der Waals surface area contributed by atoms with E-state index in [1.54, 1.807) is 0 Å². The third-order valence-electron chi connectivity index (χ3n) is 5.34. The lowest BCUT2D eigenvalue weighted by molar-refractivity contribution is 0.0919. The average molecular weight is 316 g/mol. The molecule has 0 bridgehead atoms. The highest BCUT2D eigenvalue weighted by molar-refractivity contribution is 5.92. The van der Waals surface area contributed by atoms with Crippen molar-refractivity contribution in [3.63, 3.8) is 0 Å². The molecule has 2 aromatic carbocycles. The minimum absolute atomic E-state index is 0.390. The molecule has 0 amide bonds. The Balaban J connectivity index is 1.74. The Morgan fingerprint density at radius 1 is 1.04 bits per heavy atom. The van der Waals surface area contributed by atoms with Crippen molar-refractivity contribution < 1.29 is 9.15 Å². The van der Waals surface area contributed by atoms with Crippen molar-refractivity contribution in [3.8, 4) is 5.75 Å². The smallest absolute Gasteiger partial charge is 0.159 e. The highest BCUT2D eigenvalue weighted by Crippen LogP contribution is 2.54. The fourth-order valence-corrected chi connectivity index (χ4v) is 4.04. The van der Waals surface area contributed by atoms with E-state index in [2.05, 4.69) is 54.6 Å². The summed E-state index contributed by atoms with van der Waals surface area (Å²) in [6.45, 7) is 4.05. The Bertz CT molecular complexity index is 975. The van der Waals surface area contributed by atoms with Crippen molar-refractivity contribution in [1.82, 2.24) is 0 Å². The molecular weight excluding hydrogens is 296 g/mol. The maximum absolute atomic E-state index is 6.79. The Morgan fingerprint density at radius 2 is 1.88 bits per heavy atom. The van der Waals surface area contributed by atoms with Gasteiger partial charge in [0.15, 0.2) is 5.60 Å². The first-order valence-corrected chi connectivity index (χ1v) is 8.65. The van der Waals surface area contributed by atoms with Gasteiger partial charge in [-0.2, -0.15) is 0 Å². The highest BCUT2D eigenvalue weighted by Gasteiger charge is 2.50. The van der Waals surface area contributed by atoms with Gasteiger partial charge in [-0.3, -0.25) is 0 Å². The van der Waals surface area contributed by atoms with Crippen LogP contribution in [-0.4, -0.2) is 0 Å². The molecule has 3 aromatic rings. The summed E-state index contributed by atoms with van der Waals surface area (Å²) < 4.78 is 12.6. The van der Waals surface area contributed by atoms with Gasteiger partial charge in [0, 0.05) is 22.4 Å². The molecule has 1 aliphatic carbocycles. The molecule has 2 heterocycles. The minimum Gasteiger partial charge on any atom is -0.477 e. The van der Waals surface area contributed by atoms with Gasteiger partial charge in [0.05, 0.1) is 0 Å². The second-order valence-corrected chi connectivity index (χ2v) is 7.03. The number of hydrogen-bond donors (Lipinski definition) is 0. The van der Waals surface area contributed by atoms with Crippen LogP contribution in [0, 0.1) is 19.8 Å². The number of ether oxygens (including phenoxy) is 1. The standard InChI is InChI=1S/C22H20O2/c1-14-13-20(15(2)23-14)22(18-9-10-18)12-11-17-8-7-16-5-3-4-6-19(16)21(17)24-22/h3-8,11-13,18H,9-10H2,1-2H3. The van der Waals surface area contributed by atoms with E-state index in [0.717, 1.165) is 22.8 Å². The second kappa shape index (κ2) is 4.76. The third-order valence-corrected chi connectivity index (χ3v) is 5.34. The molecule has 5 rings (SSSR count). The van der Waals surface area contributed by atoms with Gasteiger partial charge in [0.25, 0.3) is 0 Å². The topological polar surface area (TPSA) is 22.4 Å². The summed E-state index contributed by atoms with van der Waals surface area (Å²) in [4.78, 5) is 0.